The molecular weight excluding hydrogens is 257 g/mol. The van der Waals surface area contributed by atoms with Gasteiger partial charge in [-0.25, -0.2) is 4.98 Å². The molecule has 8 heteroatoms. The van der Waals surface area contributed by atoms with E-state index in [1.165, 1.54) is 6.07 Å². The van der Waals surface area contributed by atoms with Crippen molar-refractivity contribution in [3.05, 3.63) is 23.9 Å². The minimum Gasteiger partial charge on any atom is -0.480 e. The van der Waals surface area contributed by atoms with Gasteiger partial charge < -0.3 is 10.8 Å². The van der Waals surface area contributed by atoms with Gasteiger partial charge in [-0.1, -0.05) is 0 Å². The van der Waals surface area contributed by atoms with Crippen molar-refractivity contribution in [2.24, 2.45) is 5.73 Å². The van der Waals surface area contributed by atoms with Crippen LogP contribution in [0.25, 0.3) is 0 Å². The van der Waals surface area contributed by atoms with Crippen molar-refractivity contribution in [2.75, 3.05) is 5.75 Å². The van der Waals surface area contributed by atoms with Crippen molar-refractivity contribution in [3.8, 4) is 0 Å². The Morgan fingerprint density at radius 1 is 1.53 bits per heavy atom. The van der Waals surface area contributed by atoms with Gasteiger partial charge in [0.15, 0.2) is 0 Å². The molecule has 1 atom stereocenters. The first-order valence-corrected chi connectivity index (χ1v) is 5.43. The fourth-order valence-electron chi connectivity index (χ4n) is 0.880. The molecule has 0 saturated carbocycles. The molecule has 0 spiro atoms. The van der Waals surface area contributed by atoms with Crippen LogP contribution >= 0.6 is 11.8 Å². The number of aliphatic carboxylic acids is 1. The second-order valence-corrected chi connectivity index (χ2v) is 4.18. The van der Waals surface area contributed by atoms with E-state index in [0.29, 0.717) is 11.2 Å². The predicted octanol–water partition coefficient (Wildman–Crippen LogP) is 1.60. The molecule has 94 valence electrons. The third-order valence-corrected chi connectivity index (χ3v) is 2.85. The van der Waals surface area contributed by atoms with Crippen LogP contribution in [0.1, 0.15) is 5.56 Å². The lowest BCUT2D eigenvalue weighted by Gasteiger charge is -2.07. The molecule has 0 amide bonds. The molecule has 1 aromatic heterocycles. The number of nitrogens with two attached hydrogens (primary N) is 1. The van der Waals surface area contributed by atoms with Crippen LogP contribution in [-0.2, 0) is 11.0 Å². The number of hydrogen-bond acceptors (Lipinski definition) is 4. The highest BCUT2D eigenvalue weighted by Gasteiger charge is 2.30. The van der Waals surface area contributed by atoms with E-state index >= 15 is 0 Å². The van der Waals surface area contributed by atoms with E-state index in [2.05, 4.69) is 4.98 Å². The number of hydrogen-bond donors (Lipinski definition) is 2. The lowest BCUT2D eigenvalue weighted by Crippen LogP contribution is -2.32. The third-order valence-electron chi connectivity index (χ3n) is 1.79. The summed E-state index contributed by atoms with van der Waals surface area (Å²) in [4.78, 5) is 14.0. The number of pyridine rings is 1. The van der Waals surface area contributed by atoms with E-state index in [4.69, 9.17) is 10.8 Å². The molecule has 0 aliphatic carbocycles. The van der Waals surface area contributed by atoms with Gasteiger partial charge in [-0.2, -0.15) is 13.2 Å². The van der Waals surface area contributed by atoms with E-state index < -0.39 is 23.8 Å². The zero-order valence-corrected chi connectivity index (χ0v) is 9.26. The first-order valence-electron chi connectivity index (χ1n) is 4.45. The summed E-state index contributed by atoms with van der Waals surface area (Å²) in [5, 5.41) is 8.80. The molecule has 0 fully saturated rings. The highest BCUT2D eigenvalue weighted by molar-refractivity contribution is 7.99. The summed E-state index contributed by atoms with van der Waals surface area (Å²) in [5.41, 5.74) is 4.39. The Morgan fingerprint density at radius 3 is 2.59 bits per heavy atom. The zero-order valence-electron chi connectivity index (χ0n) is 8.44. The summed E-state index contributed by atoms with van der Waals surface area (Å²) in [6.45, 7) is 0. The molecule has 1 aromatic rings. The van der Waals surface area contributed by atoms with Crippen LogP contribution in [0.3, 0.4) is 0 Å². The van der Waals surface area contributed by atoms with E-state index in [0.717, 1.165) is 17.8 Å². The van der Waals surface area contributed by atoms with Crippen LogP contribution in [0.5, 0.6) is 0 Å². The van der Waals surface area contributed by atoms with Crippen LogP contribution in [0.2, 0.25) is 0 Å². The molecule has 0 bridgehead atoms. The quantitative estimate of drug-likeness (QED) is 0.810. The van der Waals surface area contributed by atoms with E-state index in [9.17, 15) is 18.0 Å². The first-order chi connectivity index (χ1) is 7.80. The molecule has 3 N–H and O–H groups in total. The fraction of sp³-hybridized carbons (Fsp3) is 0.333. The average Bonchev–Trinajstić information content (AvgIpc) is 2.25. The number of nitrogens with zero attached hydrogens (tertiary/aromatic N) is 1. The van der Waals surface area contributed by atoms with Crippen LogP contribution in [0.4, 0.5) is 13.2 Å². The number of carboxylic acid groups (broad SMARTS) is 1. The molecule has 0 radical (unpaired) electrons. The summed E-state index contributed by atoms with van der Waals surface area (Å²) < 4.78 is 36.6. The first kappa shape index (κ1) is 13.8. The van der Waals surface area contributed by atoms with Gasteiger partial charge in [-0.15, -0.1) is 11.8 Å². The van der Waals surface area contributed by atoms with Gasteiger partial charge in [0.25, 0.3) is 0 Å². The highest BCUT2D eigenvalue weighted by Crippen LogP contribution is 2.29. The van der Waals surface area contributed by atoms with Crippen LogP contribution in [-0.4, -0.2) is 27.9 Å². The van der Waals surface area contributed by atoms with Crippen molar-refractivity contribution in [3.63, 3.8) is 0 Å². The van der Waals surface area contributed by atoms with E-state index in [1.54, 1.807) is 0 Å². The van der Waals surface area contributed by atoms with Crippen molar-refractivity contribution < 1.29 is 23.1 Å². The van der Waals surface area contributed by atoms with Gasteiger partial charge >= 0.3 is 12.1 Å². The minimum atomic E-state index is -4.42. The van der Waals surface area contributed by atoms with Gasteiger partial charge in [0.05, 0.1) is 10.6 Å². The molecule has 17 heavy (non-hydrogen) atoms. The maximum atomic E-state index is 12.2. The second-order valence-electron chi connectivity index (χ2n) is 3.14. The van der Waals surface area contributed by atoms with Crippen molar-refractivity contribution in [2.45, 2.75) is 17.2 Å². The molecule has 4 nitrogen and oxygen atoms in total. The molecule has 0 saturated heterocycles. The van der Waals surface area contributed by atoms with Crippen LogP contribution < -0.4 is 5.73 Å². The maximum absolute atomic E-state index is 12.2. The number of rotatable bonds is 4. The number of halogens is 3. The van der Waals surface area contributed by atoms with Crippen LogP contribution in [0.15, 0.2) is 23.4 Å². The molecule has 0 aromatic carbocycles. The molecule has 0 aliphatic heterocycles. The number of aromatic nitrogens is 1. The molecule has 1 unspecified atom stereocenters. The van der Waals surface area contributed by atoms with Crippen LogP contribution in [0, 0.1) is 0 Å². The Bertz CT molecular complexity index is 394. The molecule has 1 rings (SSSR count). The standard InChI is InChI=1S/C9H9F3N2O2S/c10-9(11,12)5-1-2-7(14-3-5)17-4-6(13)8(15)16/h1-3,6H,4,13H2,(H,15,16). The number of thioether (sulfide) groups is 1. The molecule has 0 aliphatic rings. The van der Waals surface area contributed by atoms with Gasteiger partial charge in [-0.05, 0) is 12.1 Å². The Kier molecular flexibility index (Phi) is 4.35. The summed E-state index contributed by atoms with van der Waals surface area (Å²) in [5.74, 6) is -1.11. The summed E-state index contributed by atoms with van der Waals surface area (Å²) >= 11 is 0.992. The van der Waals surface area contributed by atoms with E-state index in [-0.39, 0.29) is 5.75 Å². The van der Waals surface area contributed by atoms with Crippen molar-refractivity contribution in [1.29, 1.82) is 0 Å². The second kappa shape index (κ2) is 5.37. The lowest BCUT2D eigenvalue weighted by molar-refractivity contribution is -0.138. The fourth-order valence-corrected chi connectivity index (χ4v) is 1.66. The topological polar surface area (TPSA) is 76.2 Å². The SMILES string of the molecule is NC(CSc1ccc(C(F)(F)F)cn1)C(=O)O. The van der Waals surface area contributed by atoms with Gasteiger partial charge in [-0.3, -0.25) is 4.79 Å². The monoisotopic (exact) mass is 266 g/mol. The smallest absolute Gasteiger partial charge is 0.417 e. The normalized spacial score (nSPS) is 13.4. The average molecular weight is 266 g/mol. The zero-order chi connectivity index (χ0) is 13.1. The Labute approximate surface area is 99.0 Å². The number of carboxylic acids is 1. The Hall–Kier alpha value is -1.28. The van der Waals surface area contributed by atoms with Gasteiger partial charge in [0.1, 0.15) is 6.04 Å². The third kappa shape index (κ3) is 4.23. The van der Waals surface area contributed by atoms with Crippen molar-refractivity contribution >= 4 is 17.7 Å². The molecule has 1 heterocycles. The number of alkyl halides is 3. The maximum Gasteiger partial charge on any atom is 0.417 e. The summed E-state index contributed by atoms with van der Waals surface area (Å²) in [6, 6.07) is 1.01. The number of carbonyl (C=O) groups is 1. The van der Waals surface area contributed by atoms with Gasteiger partial charge in [0, 0.05) is 11.9 Å². The van der Waals surface area contributed by atoms with E-state index in [1.807, 2.05) is 0 Å². The Balaban J connectivity index is 2.60. The molecular formula is C9H9F3N2O2S. The lowest BCUT2D eigenvalue weighted by atomic mass is 10.3. The minimum absolute atomic E-state index is 0.0493. The summed E-state index contributed by atoms with van der Waals surface area (Å²) in [6.07, 6.45) is -3.72. The van der Waals surface area contributed by atoms with Crippen molar-refractivity contribution in [1.82, 2.24) is 4.98 Å². The largest absolute Gasteiger partial charge is 0.480 e. The predicted molar refractivity (Wildman–Crippen MR) is 55.6 cm³/mol. The summed E-state index contributed by atoms with van der Waals surface area (Å²) in [7, 11) is 0. The highest BCUT2D eigenvalue weighted by atomic mass is 32.2. The van der Waals surface area contributed by atoms with Gasteiger partial charge in [0.2, 0.25) is 0 Å². The Morgan fingerprint density at radius 2 is 2.18 bits per heavy atom.